The molecule has 0 aromatic heterocycles. The van der Waals surface area contributed by atoms with Crippen molar-refractivity contribution in [2.45, 2.75) is 51.9 Å². The Balaban J connectivity index is 1.60. The molecule has 2 fully saturated rings. The van der Waals surface area contributed by atoms with Gasteiger partial charge in [0.05, 0.1) is 11.2 Å². The Hall–Kier alpha value is -3.15. The van der Waals surface area contributed by atoms with Crippen molar-refractivity contribution in [3.63, 3.8) is 0 Å². The lowest BCUT2D eigenvalue weighted by Crippen LogP contribution is -2.44. The smallest absolute Gasteiger partial charge is 0.487 e. The van der Waals surface area contributed by atoms with E-state index in [0.717, 1.165) is 12.0 Å². The normalized spacial score (nSPS) is 22.5. The molecule has 0 aliphatic carbocycles. The van der Waals surface area contributed by atoms with Gasteiger partial charge in [-0.05, 0) is 49.7 Å². The van der Waals surface area contributed by atoms with Crippen molar-refractivity contribution in [3.05, 3.63) is 66.0 Å². The monoisotopic (exact) mass is 526 g/mol. The lowest BCUT2D eigenvalue weighted by Gasteiger charge is -2.35. The fourth-order valence-electron chi connectivity index (χ4n) is 4.64. The Morgan fingerprint density at radius 2 is 1.84 bits per heavy atom. The zero-order chi connectivity index (χ0) is 26.6. The average molecular weight is 526 g/mol. The number of carbonyl (C=O) groups is 1. The standard InChI is InChI=1S/C26H28BFN2O6S/c1-5-26(4)25(2,3)35-27(36-26)19-12-11-18-13-21(34-16-17-9-7-6-8-10-17)24(23(28)20(18)14-19)30-15-22(31)29-37(30,32)33/h6-14H,5,15-16H2,1-4H3,(H,29,31). The molecule has 0 spiro atoms. The molecule has 0 radical (unpaired) electrons. The molecule has 2 saturated heterocycles. The first-order valence-electron chi connectivity index (χ1n) is 12.1. The van der Waals surface area contributed by atoms with E-state index in [1.54, 1.807) is 24.3 Å². The van der Waals surface area contributed by atoms with E-state index in [1.807, 2.05) is 62.7 Å². The number of halogens is 1. The number of benzene rings is 3. The van der Waals surface area contributed by atoms with Crippen LogP contribution in [0.2, 0.25) is 0 Å². The first-order chi connectivity index (χ1) is 17.4. The van der Waals surface area contributed by atoms with Crippen molar-refractivity contribution >= 4 is 45.2 Å². The van der Waals surface area contributed by atoms with Gasteiger partial charge in [0.25, 0.3) is 5.91 Å². The molecule has 194 valence electrons. The van der Waals surface area contributed by atoms with Crippen LogP contribution in [0.4, 0.5) is 10.1 Å². The maximum absolute atomic E-state index is 16.2. The SMILES string of the molecule is CCC1(C)OB(c2ccc3cc(OCc4ccccc4)c(N4CC(=O)NS4(=O)=O)c(F)c3c2)OC1(C)C. The lowest BCUT2D eigenvalue weighted by atomic mass is 9.78. The van der Waals surface area contributed by atoms with Gasteiger partial charge in [-0.25, -0.2) is 13.4 Å². The van der Waals surface area contributed by atoms with Gasteiger partial charge in [-0.1, -0.05) is 55.5 Å². The minimum Gasteiger partial charge on any atom is -0.487 e. The number of fused-ring (bicyclic) bond motifs is 1. The quantitative estimate of drug-likeness (QED) is 0.495. The van der Waals surface area contributed by atoms with E-state index in [2.05, 4.69) is 0 Å². The highest BCUT2D eigenvalue weighted by molar-refractivity contribution is 7.92. The summed E-state index contributed by atoms with van der Waals surface area (Å²) in [6.07, 6.45) is 0.721. The molecule has 2 heterocycles. The first kappa shape index (κ1) is 25.5. The average Bonchev–Trinajstić information content (AvgIpc) is 3.27. The van der Waals surface area contributed by atoms with Crippen molar-refractivity contribution in [1.82, 2.24) is 4.72 Å². The third kappa shape index (κ3) is 4.45. The van der Waals surface area contributed by atoms with Crippen molar-refractivity contribution in [3.8, 4) is 5.75 Å². The molecule has 5 rings (SSSR count). The predicted molar refractivity (Wildman–Crippen MR) is 139 cm³/mol. The van der Waals surface area contributed by atoms with Gasteiger partial charge in [0, 0.05) is 5.39 Å². The Labute approximate surface area is 216 Å². The van der Waals surface area contributed by atoms with E-state index in [0.29, 0.717) is 15.2 Å². The molecule has 3 aromatic carbocycles. The molecular formula is C26H28BFN2O6S. The van der Waals surface area contributed by atoms with Crippen LogP contribution in [0.1, 0.15) is 39.7 Å². The van der Waals surface area contributed by atoms with Crippen molar-refractivity contribution in [2.24, 2.45) is 0 Å². The van der Waals surface area contributed by atoms with Crippen LogP contribution >= 0.6 is 0 Å². The summed E-state index contributed by atoms with van der Waals surface area (Å²) < 4.78 is 62.5. The number of ether oxygens (including phenoxy) is 1. The summed E-state index contributed by atoms with van der Waals surface area (Å²) in [5, 5.41) is 0.656. The number of hydrogen-bond acceptors (Lipinski definition) is 6. The van der Waals surface area contributed by atoms with Crippen molar-refractivity contribution in [2.75, 3.05) is 10.8 Å². The van der Waals surface area contributed by atoms with Gasteiger partial charge >= 0.3 is 17.3 Å². The molecule has 2 aliphatic rings. The Kier molecular flexibility index (Phi) is 6.20. The molecule has 1 N–H and O–H groups in total. The minimum atomic E-state index is -4.28. The summed E-state index contributed by atoms with van der Waals surface area (Å²) in [6, 6.07) is 15.9. The molecular weight excluding hydrogens is 498 g/mol. The molecule has 2 aliphatic heterocycles. The molecule has 11 heteroatoms. The van der Waals surface area contributed by atoms with E-state index in [1.165, 1.54) is 0 Å². The number of carbonyl (C=O) groups excluding carboxylic acids is 1. The molecule has 1 amide bonds. The predicted octanol–water partition coefficient (Wildman–Crippen LogP) is 3.43. The largest absolute Gasteiger partial charge is 0.494 e. The van der Waals surface area contributed by atoms with Gasteiger partial charge in [0.15, 0.2) is 5.82 Å². The van der Waals surface area contributed by atoms with Crippen LogP contribution in [0.3, 0.4) is 0 Å². The third-order valence-electron chi connectivity index (χ3n) is 7.34. The zero-order valence-electron chi connectivity index (χ0n) is 21.1. The first-order valence-corrected chi connectivity index (χ1v) is 13.5. The number of amides is 1. The van der Waals surface area contributed by atoms with E-state index in [9.17, 15) is 13.2 Å². The van der Waals surface area contributed by atoms with Gasteiger partial charge in [-0.2, -0.15) is 8.42 Å². The van der Waals surface area contributed by atoms with Gasteiger partial charge in [-0.15, -0.1) is 0 Å². The summed E-state index contributed by atoms with van der Waals surface area (Å²) in [4.78, 5) is 12.0. The van der Waals surface area contributed by atoms with Crippen LogP contribution in [0.15, 0.2) is 54.6 Å². The fourth-order valence-corrected chi connectivity index (χ4v) is 5.81. The Morgan fingerprint density at radius 1 is 1.11 bits per heavy atom. The second kappa shape index (κ2) is 9.00. The number of anilines is 1. The van der Waals surface area contributed by atoms with Crippen LogP contribution in [-0.4, -0.2) is 39.2 Å². The lowest BCUT2D eigenvalue weighted by molar-refractivity contribution is -0.117. The summed E-state index contributed by atoms with van der Waals surface area (Å²) in [6.45, 7) is 7.43. The molecule has 1 unspecified atom stereocenters. The number of rotatable bonds is 6. The van der Waals surface area contributed by atoms with Crippen LogP contribution < -0.4 is 19.2 Å². The second-order valence-electron chi connectivity index (χ2n) is 9.99. The highest BCUT2D eigenvalue weighted by Crippen LogP contribution is 2.41. The third-order valence-corrected chi connectivity index (χ3v) is 8.72. The van der Waals surface area contributed by atoms with Crippen LogP contribution in [0, 0.1) is 5.82 Å². The summed E-state index contributed by atoms with van der Waals surface area (Å²) in [7, 11) is -5.00. The van der Waals surface area contributed by atoms with Crippen LogP contribution in [0.25, 0.3) is 10.8 Å². The molecule has 8 nitrogen and oxygen atoms in total. The summed E-state index contributed by atoms with van der Waals surface area (Å²) in [5.41, 5.74) is -0.0263. The summed E-state index contributed by atoms with van der Waals surface area (Å²) >= 11 is 0. The topological polar surface area (TPSA) is 94.2 Å². The van der Waals surface area contributed by atoms with E-state index < -0.39 is 46.8 Å². The van der Waals surface area contributed by atoms with E-state index in [-0.39, 0.29) is 23.4 Å². The van der Waals surface area contributed by atoms with Crippen LogP contribution in [-0.2, 0) is 30.9 Å². The number of hydrogen-bond donors (Lipinski definition) is 1. The zero-order valence-corrected chi connectivity index (χ0v) is 21.9. The molecule has 3 aromatic rings. The van der Waals surface area contributed by atoms with E-state index in [4.69, 9.17) is 14.0 Å². The molecule has 1 atom stereocenters. The highest BCUT2D eigenvalue weighted by Gasteiger charge is 2.53. The Morgan fingerprint density at radius 3 is 2.46 bits per heavy atom. The number of nitrogens with one attached hydrogen (secondary N) is 1. The Bertz CT molecular complexity index is 1480. The maximum atomic E-state index is 16.2. The molecule has 37 heavy (non-hydrogen) atoms. The maximum Gasteiger partial charge on any atom is 0.494 e. The fraction of sp³-hybridized carbons (Fsp3) is 0.346. The van der Waals surface area contributed by atoms with Gasteiger partial charge in [0.1, 0.15) is 24.6 Å². The van der Waals surface area contributed by atoms with Crippen molar-refractivity contribution in [1.29, 1.82) is 0 Å². The van der Waals surface area contributed by atoms with Gasteiger partial charge < -0.3 is 14.0 Å². The second-order valence-corrected chi connectivity index (χ2v) is 11.6. The highest BCUT2D eigenvalue weighted by atomic mass is 32.2. The number of nitrogens with zero attached hydrogens (tertiary/aromatic N) is 1. The minimum absolute atomic E-state index is 0.00901. The van der Waals surface area contributed by atoms with Gasteiger partial charge in [0.2, 0.25) is 0 Å². The van der Waals surface area contributed by atoms with E-state index >= 15 is 4.39 Å². The molecule has 0 bridgehead atoms. The summed E-state index contributed by atoms with van der Waals surface area (Å²) in [5.74, 6) is -1.57. The molecule has 0 saturated carbocycles. The van der Waals surface area contributed by atoms with Gasteiger partial charge in [-0.3, -0.25) is 4.79 Å². The van der Waals surface area contributed by atoms with Crippen LogP contribution in [0.5, 0.6) is 5.75 Å². The van der Waals surface area contributed by atoms with Crippen molar-refractivity contribution < 1.29 is 31.6 Å².